The smallest absolute Gasteiger partial charge is 0.0730 e. The van der Waals surface area contributed by atoms with Crippen molar-refractivity contribution in [1.82, 2.24) is 5.32 Å². The highest BCUT2D eigenvalue weighted by Gasteiger charge is 2.18. The third-order valence-electron chi connectivity index (χ3n) is 2.29. The standard InChI is InChI=1S/C12H25NO/c1-5-9-11(13-7-3)12(10-6-2)14-8-4/h5,11-13H,1,6-10H2,2-4H3. The van der Waals surface area contributed by atoms with Crippen LogP contribution < -0.4 is 5.32 Å². The first-order chi connectivity index (χ1) is 6.79. The Labute approximate surface area is 88.7 Å². The van der Waals surface area contributed by atoms with Crippen molar-refractivity contribution in [1.29, 1.82) is 0 Å². The SMILES string of the molecule is C=CCC(NCC)C(CCC)OCC. The summed E-state index contributed by atoms with van der Waals surface area (Å²) in [4.78, 5) is 0. The number of ether oxygens (including phenoxy) is 1. The number of hydrogen-bond donors (Lipinski definition) is 1. The zero-order valence-corrected chi connectivity index (χ0v) is 9.88. The van der Waals surface area contributed by atoms with Gasteiger partial charge in [-0.2, -0.15) is 0 Å². The van der Waals surface area contributed by atoms with Gasteiger partial charge in [-0.3, -0.25) is 0 Å². The summed E-state index contributed by atoms with van der Waals surface area (Å²) >= 11 is 0. The second-order valence-electron chi connectivity index (χ2n) is 3.47. The van der Waals surface area contributed by atoms with Crippen LogP contribution in [0.2, 0.25) is 0 Å². The second-order valence-corrected chi connectivity index (χ2v) is 3.47. The van der Waals surface area contributed by atoms with E-state index in [2.05, 4.69) is 32.7 Å². The summed E-state index contributed by atoms with van der Waals surface area (Å²) in [5.41, 5.74) is 0. The van der Waals surface area contributed by atoms with Gasteiger partial charge in [0.05, 0.1) is 6.10 Å². The minimum Gasteiger partial charge on any atom is -0.377 e. The van der Waals surface area contributed by atoms with E-state index in [1.165, 1.54) is 6.42 Å². The monoisotopic (exact) mass is 199 g/mol. The third kappa shape index (κ3) is 5.40. The van der Waals surface area contributed by atoms with E-state index in [0.29, 0.717) is 12.1 Å². The van der Waals surface area contributed by atoms with Gasteiger partial charge in [-0.05, 0) is 26.3 Å². The van der Waals surface area contributed by atoms with Crippen LogP contribution in [0.25, 0.3) is 0 Å². The van der Waals surface area contributed by atoms with E-state index in [9.17, 15) is 0 Å². The molecule has 0 bridgehead atoms. The first-order valence-corrected chi connectivity index (χ1v) is 5.75. The van der Waals surface area contributed by atoms with Crippen molar-refractivity contribution in [2.24, 2.45) is 0 Å². The molecule has 0 aromatic heterocycles. The van der Waals surface area contributed by atoms with Crippen molar-refractivity contribution < 1.29 is 4.74 Å². The van der Waals surface area contributed by atoms with Gasteiger partial charge in [0.2, 0.25) is 0 Å². The molecule has 0 spiro atoms. The van der Waals surface area contributed by atoms with Crippen LogP contribution in [0, 0.1) is 0 Å². The summed E-state index contributed by atoms with van der Waals surface area (Å²) in [6.07, 6.45) is 5.58. The second kappa shape index (κ2) is 9.22. The molecule has 0 rings (SSSR count). The number of nitrogens with one attached hydrogen (secondary N) is 1. The zero-order valence-electron chi connectivity index (χ0n) is 9.88. The van der Waals surface area contributed by atoms with E-state index in [0.717, 1.165) is 26.0 Å². The van der Waals surface area contributed by atoms with Crippen LogP contribution in [0.5, 0.6) is 0 Å². The zero-order chi connectivity index (χ0) is 10.8. The third-order valence-corrected chi connectivity index (χ3v) is 2.29. The molecule has 0 aliphatic carbocycles. The van der Waals surface area contributed by atoms with Gasteiger partial charge < -0.3 is 10.1 Å². The first kappa shape index (κ1) is 13.7. The van der Waals surface area contributed by atoms with Crippen LogP contribution >= 0.6 is 0 Å². The van der Waals surface area contributed by atoms with Crippen LogP contribution in [0.15, 0.2) is 12.7 Å². The highest BCUT2D eigenvalue weighted by molar-refractivity contribution is 4.84. The summed E-state index contributed by atoms with van der Waals surface area (Å²) in [6.45, 7) is 12.0. The molecule has 0 aromatic rings. The molecule has 0 saturated heterocycles. The van der Waals surface area contributed by atoms with Crippen molar-refractivity contribution in [3.05, 3.63) is 12.7 Å². The molecule has 14 heavy (non-hydrogen) atoms. The van der Waals surface area contributed by atoms with Gasteiger partial charge in [0, 0.05) is 12.6 Å². The molecule has 84 valence electrons. The van der Waals surface area contributed by atoms with Crippen LogP contribution in [0.1, 0.15) is 40.0 Å². The van der Waals surface area contributed by atoms with Gasteiger partial charge in [0.15, 0.2) is 0 Å². The Balaban J connectivity index is 4.12. The van der Waals surface area contributed by atoms with Gasteiger partial charge in [0.1, 0.15) is 0 Å². The lowest BCUT2D eigenvalue weighted by Gasteiger charge is -2.26. The molecule has 2 unspecified atom stereocenters. The van der Waals surface area contributed by atoms with Gasteiger partial charge in [-0.1, -0.05) is 26.3 Å². The molecule has 1 N–H and O–H groups in total. The maximum absolute atomic E-state index is 5.74. The van der Waals surface area contributed by atoms with E-state index in [1.54, 1.807) is 0 Å². The average molecular weight is 199 g/mol. The van der Waals surface area contributed by atoms with Crippen molar-refractivity contribution in [2.45, 2.75) is 52.2 Å². The van der Waals surface area contributed by atoms with Crippen molar-refractivity contribution in [3.63, 3.8) is 0 Å². The first-order valence-electron chi connectivity index (χ1n) is 5.75. The summed E-state index contributed by atoms with van der Waals surface area (Å²) in [7, 11) is 0. The predicted molar refractivity (Wildman–Crippen MR) is 62.6 cm³/mol. The minimum absolute atomic E-state index is 0.336. The highest BCUT2D eigenvalue weighted by atomic mass is 16.5. The van der Waals surface area contributed by atoms with Gasteiger partial charge >= 0.3 is 0 Å². The van der Waals surface area contributed by atoms with Crippen LogP contribution in [0.3, 0.4) is 0 Å². The molecule has 0 heterocycles. The molecule has 0 aliphatic heterocycles. The Kier molecular flexibility index (Phi) is 9.00. The van der Waals surface area contributed by atoms with Crippen LogP contribution in [-0.2, 0) is 4.74 Å². The van der Waals surface area contributed by atoms with E-state index in [1.807, 2.05) is 6.08 Å². The largest absolute Gasteiger partial charge is 0.377 e. The number of hydrogen-bond acceptors (Lipinski definition) is 2. The highest BCUT2D eigenvalue weighted by Crippen LogP contribution is 2.11. The molecule has 0 aromatic carbocycles. The molecule has 0 fully saturated rings. The molecule has 0 radical (unpaired) electrons. The van der Waals surface area contributed by atoms with Crippen molar-refractivity contribution in [2.75, 3.05) is 13.2 Å². The Morgan fingerprint density at radius 2 is 2.07 bits per heavy atom. The Morgan fingerprint density at radius 1 is 1.36 bits per heavy atom. The lowest BCUT2D eigenvalue weighted by atomic mass is 10.0. The Hall–Kier alpha value is -0.340. The van der Waals surface area contributed by atoms with Crippen molar-refractivity contribution in [3.8, 4) is 0 Å². The summed E-state index contributed by atoms with van der Waals surface area (Å²) < 4.78 is 5.74. The van der Waals surface area contributed by atoms with Gasteiger partial charge in [0.25, 0.3) is 0 Å². The van der Waals surface area contributed by atoms with E-state index in [-0.39, 0.29) is 0 Å². The van der Waals surface area contributed by atoms with E-state index < -0.39 is 0 Å². The quantitative estimate of drug-likeness (QED) is 0.577. The Morgan fingerprint density at radius 3 is 2.50 bits per heavy atom. The summed E-state index contributed by atoms with van der Waals surface area (Å²) in [5, 5.41) is 3.46. The fraction of sp³-hybridized carbons (Fsp3) is 0.833. The van der Waals surface area contributed by atoms with Gasteiger partial charge in [-0.25, -0.2) is 0 Å². The van der Waals surface area contributed by atoms with Crippen LogP contribution in [-0.4, -0.2) is 25.3 Å². The summed E-state index contributed by atoms with van der Waals surface area (Å²) in [5.74, 6) is 0. The Bertz CT molecular complexity index is 130. The molecule has 2 atom stereocenters. The molecule has 0 amide bonds. The number of rotatable bonds is 9. The molecule has 2 nitrogen and oxygen atoms in total. The number of likely N-dealkylation sites (N-methyl/N-ethyl adjacent to an activating group) is 1. The van der Waals surface area contributed by atoms with Crippen molar-refractivity contribution >= 4 is 0 Å². The lowest BCUT2D eigenvalue weighted by Crippen LogP contribution is -2.41. The maximum atomic E-state index is 5.74. The molecule has 2 heteroatoms. The molecular formula is C12H25NO. The molecular weight excluding hydrogens is 174 g/mol. The van der Waals surface area contributed by atoms with Gasteiger partial charge in [-0.15, -0.1) is 6.58 Å². The molecule has 0 aliphatic rings. The fourth-order valence-electron chi connectivity index (χ4n) is 1.71. The predicted octanol–water partition coefficient (Wildman–Crippen LogP) is 2.75. The van der Waals surface area contributed by atoms with E-state index >= 15 is 0 Å². The normalized spacial score (nSPS) is 15.1. The lowest BCUT2D eigenvalue weighted by molar-refractivity contribution is 0.0292. The topological polar surface area (TPSA) is 21.3 Å². The summed E-state index contributed by atoms with van der Waals surface area (Å²) in [6, 6.07) is 0.428. The molecule has 0 saturated carbocycles. The van der Waals surface area contributed by atoms with E-state index in [4.69, 9.17) is 4.74 Å². The average Bonchev–Trinajstić information content (AvgIpc) is 2.17. The van der Waals surface area contributed by atoms with Crippen LogP contribution in [0.4, 0.5) is 0 Å². The maximum Gasteiger partial charge on any atom is 0.0730 e. The fourth-order valence-corrected chi connectivity index (χ4v) is 1.71. The minimum atomic E-state index is 0.336.